The molecule has 0 saturated heterocycles. The molecule has 0 bridgehead atoms. The van der Waals surface area contributed by atoms with Gasteiger partial charge in [-0.15, -0.1) is 9.89 Å². The van der Waals surface area contributed by atoms with E-state index >= 15 is 0 Å². The van der Waals surface area contributed by atoms with Crippen LogP contribution in [0, 0.1) is 12.3 Å². The van der Waals surface area contributed by atoms with Crippen LogP contribution in [0.4, 0.5) is 11.4 Å². The van der Waals surface area contributed by atoms with E-state index in [0.717, 1.165) is 34.8 Å². The Morgan fingerprint density at radius 2 is 1.82 bits per heavy atom. The molecule has 1 N–H and O–H groups in total. The van der Waals surface area contributed by atoms with E-state index in [9.17, 15) is 8.42 Å². The maximum atomic E-state index is 11.0. The normalized spacial score (nSPS) is 14.6. The van der Waals surface area contributed by atoms with Crippen LogP contribution < -0.4 is 4.90 Å². The topological polar surface area (TPSA) is 113 Å². The van der Waals surface area contributed by atoms with Crippen molar-refractivity contribution in [1.29, 1.82) is 0 Å². The number of hydrogen-bond donors (Lipinski definition) is 1. The first-order valence-corrected chi connectivity index (χ1v) is 15.1. The van der Waals surface area contributed by atoms with E-state index in [-0.39, 0.29) is 11.2 Å². The summed E-state index contributed by atoms with van der Waals surface area (Å²) in [6.07, 6.45) is 1.05. The van der Waals surface area contributed by atoms with Crippen molar-refractivity contribution in [1.82, 2.24) is 14.9 Å². The van der Waals surface area contributed by atoms with Crippen molar-refractivity contribution in [3.05, 3.63) is 57.8 Å². The van der Waals surface area contributed by atoms with Gasteiger partial charge in [-0.1, -0.05) is 44.0 Å². The van der Waals surface area contributed by atoms with Gasteiger partial charge in [0.15, 0.2) is 5.82 Å². The summed E-state index contributed by atoms with van der Waals surface area (Å²) in [5, 5.41) is 10.2. The van der Waals surface area contributed by atoms with Crippen LogP contribution in [0.2, 0.25) is 10.0 Å². The van der Waals surface area contributed by atoms with Crippen LogP contribution in [-0.4, -0.2) is 58.1 Å². The average Bonchev–Trinajstić information content (AvgIpc) is 3.41. The number of hydrogen-bond acceptors (Lipinski definition) is 7. The van der Waals surface area contributed by atoms with Gasteiger partial charge in [-0.25, -0.2) is 9.98 Å². The molecule has 3 aromatic rings. The molecule has 2 aromatic carbocycles. The zero-order valence-corrected chi connectivity index (χ0v) is 24.9. The predicted octanol–water partition coefficient (Wildman–Crippen LogP) is 6.44. The first-order valence-electron chi connectivity index (χ1n) is 12.7. The zero-order valence-electron chi connectivity index (χ0n) is 22.6. The molecule has 1 aliphatic heterocycles. The summed E-state index contributed by atoms with van der Waals surface area (Å²) < 4.78 is 31.0. The Kier molecular flexibility index (Phi) is 8.51. The molecule has 12 heteroatoms. The van der Waals surface area contributed by atoms with Crippen LogP contribution in [-0.2, 0) is 10.1 Å². The lowest BCUT2D eigenvalue weighted by Crippen LogP contribution is -2.27. The Morgan fingerprint density at radius 3 is 2.44 bits per heavy atom. The standard InChI is InChI=1S/C27H32Cl2N6O3S/c1-6-34(13-7-8-14-39(36,37)38)19-10-12-22(17(2)15-19)30-23-24(27(3,4)5)32-35-26(23)31-25(33-35)18-9-11-20(28)21(29)16-18/h9-12,15-16H,6-8,13-14H2,1-5H3,(H,36,37,38). The Balaban J connectivity index is 1.64. The Hall–Kier alpha value is -2.79. The number of unbranched alkanes of at least 4 members (excludes halogenated alkanes) is 1. The van der Waals surface area contributed by atoms with E-state index in [0.29, 0.717) is 46.8 Å². The first kappa shape index (κ1) is 29.2. The molecule has 0 atom stereocenters. The van der Waals surface area contributed by atoms with Crippen LogP contribution >= 0.6 is 23.2 Å². The van der Waals surface area contributed by atoms with Crippen LogP contribution in [0.1, 0.15) is 51.9 Å². The molecule has 0 aliphatic carbocycles. The maximum absolute atomic E-state index is 11.0. The number of fused-ring (bicyclic) bond motifs is 1. The molecule has 1 aromatic heterocycles. The van der Waals surface area contributed by atoms with Crippen LogP contribution in [0.5, 0.6) is 0 Å². The monoisotopic (exact) mass is 590 g/mol. The number of rotatable bonds is 9. The third-order valence-electron chi connectivity index (χ3n) is 6.35. The van der Waals surface area contributed by atoms with Crippen molar-refractivity contribution in [3.8, 4) is 11.4 Å². The zero-order chi connectivity index (χ0) is 28.5. The SMILES string of the molecule is CCN(CCCCS(=O)(=O)O)c1ccc(N=C2C(C(C)(C)C)=Nn3nc(-c4ccc(Cl)c(Cl)c4)nc32)c(C)c1. The van der Waals surface area contributed by atoms with Gasteiger partial charge in [0, 0.05) is 29.8 Å². The molecule has 0 radical (unpaired) electrons. The quantitative estimate of drug-likeness (QED) is 0.226. The summed E-state index contributed by atoms with van der Waals surface area (Å²) in [5.41, 5.74) is 4.68. The van der Waals surface area contributed by atoms with Gasteiger partial charge in [0.25, 0.3) is 10.1 Å². The fourth-order valence-corrected chi connectivity index (χ4v) is 5.14. The summed E-state index contributed by atoms with van der Waals surface area (Å²) in [6.45, 7) is 11.7. The predicted molar refractivity (Wildman–Crippen MR) is 159 cm³/mol. The highest BCUT2D eigenvalue weighted by atomic mass is 35.5. The number of aliphatic imine (C=N–C) groups is 1. The van der Waals surface area contributed by atoms with E-state index in [1.807, 2.05) is 25.1 Å². The van der Waals surface area contributed by atoms with E-state index in [1.165, 1.54) is 4.79 Å². The summed E-state index contributed by atoms with van der Waals surface area (Å²) >= 11 is 12.3. The lowest BCUT2D eigenvalue weighted by molar-refractivity contribution is 0.480. The maximum Gasteiger partial charge on any atom is 0.264 e. The lowest BCUT2D eigenvalue weighted by Gasteiger charge is -2.24. The summed E-state index contributed by atoms with van der Waals surface area (Å²) in [6, 6.07) is 11.3. The van der Waals surface area contributed by atoms with Crippen LogP contribution in [0.3, 0.4) is 0 Å². The molecule has 0 unspecified atom stereocenters. The van der Waals surface area contributed by atoms with Crippen molar-refractivity contribution in [2.24, 2.45) is 15.5 Å². The second-order valence-corrected chi connectivity index (χ2v) is 12.9. The largest absolute Gasteiger partial charge is 0.372 e. The second kappa shape index (κ2) is 11.4. The fraction of sp³-hybridized carbons (Fsp3) is 0.407. The minimum atomic E-state index is -3.94. The first-order chi connectivity index (χ1) is 18.3. The van der Waals surface area contributed by atoms with E-state index in [4.69, 9.17) is 42.8 Å². The Bertz CT molecular complexity index is 1560. The van der Waals surface area contributed by atoms with Crippen molar-refractivity contribution in [3.63, 3.8) is 0 Å². The molecule has 0 fully saturated rings. The molecule has 0 amide bonds. The number of halogens is 2. The number of aromatic nitrogens is 3. The minimum Gasteiger partial charge on any atom is -0.372 e. The number of benzene rings is 2. The summed E-state index contributed by atoms with van der Waals surface area (Å²) in [4.78, 5) is 13.5. The molecular formula is C27H32Cl2N6O3S. The summed E-state index contributed by atoms with van der Waals surface area (Å²) in [7, 11) is -3.94. The molecular weight excluding hydrogens is 559 g/mol. The number of anilines is 1. The van der Waals surface area contributed by atoms with Crippen LogP contribution in [0.25, 0.3) is 11.4 Å². The van der Waals surface area contributed by atoms with Gasteiger partial charge in [0.05, 0.1) is 27.2 Å². The molecule has 0 saturated carbocycles. The van der Waals surface area contributed by atoms with Gasteiger partial charge < -0.3 is 4.90 Å². The van der Waals surface area contributed by atoms with Crippen molar-refractivity contribution < 1.29 is 13.0 Å². The van der Waals surface area contributed by atoms with Gasteiger partial charge in [-0.2, -0.15) is 13.5 Å². The third kappa shape index (κ3) is 6.87. The lowest BCUT2D eigenvalue weighted by atomic mass is 9.87. The van der Waals surface area contributed by atoms with Gasteiger partial charge in [0.1, 0.15) is 5.71 Å². The number of aryl methyl sites for hydroxylation is 1. The van der Waals surface area contributed by atoms with Gasteiger partial charge in [0.2, 0.25) is 5.82 Å². The molecule has 208 valence electrons. The third-order valence-corrected chi connectivity index (χ3v) is 7.89. The van der Waals surface area contributed by atoms with E-state index in [2.05, 4.69) is 43.8 Å². The molecule has 0 spiro atoms. The van der Waals surface area contributed by atoms with Gasteiger partial charge in [-0.05, 0) is 68.7 Å². The highest BCUT2D eigenvalue weighted by Gasteiger charge is 2.35. The smallest absolute Gasteiger partial charge is 0.264 e. The van der Waals surface area contributed by atoms with Gasteiger partial charge in [-0.3, -0.25) is 4.55 Å². The second-order valence-electron chi connectivity index (χ2n) is 10.5. The molecule has 1 aliphatic rings. The van der Waals surface area contributed by atoms with E-state index < -0.39 is 10.1 Å². The Morgan fingerprint density at radius 1 is 1.08 bits per heavy atom. The van der Waals surface area contributed by atoms with Crippen LogP contribution in [0.15, 0.2) is 46.5 Å². The molecule has 39 heavy (non-hydrogen) atoms. The van der Waals surface area contributed by atoms with Gasteiger partial charge >= 0.3 is 0 Å². The highest BCUT2D eigenvalue weighted by Crippen LogP contribution is 2.32. The average molecular weight is 592 g/mol. The van der Waals surface area contributed by atoms with Crippen molar-refractivity contribution in [2.75, 3.05) is 23.7 Å². The molecule has 9 nitrogen and oxygen atoms in total. The minimum absolute atomic E-state index is 0.227. The number of nitrogens with zero attached hydrogens (tertiary/aromatic N) is 6. The van der Waals surface area contributed by atoms with E-state index in [1.54, 1.807) is 12.1 Å². The Labute approximate surface area is 239 Å². The fourth-order valence-electron chi connectivity index (χ4n) is 4.27. The molecule has 2 heterocycles. The van der Waals surface area contributed by atoms with Crippen molar-refractivity contribution >= 4 is 56.1 Å². The summed E-state index contributed by atoms with van der Waals surface area (Å²) in [5.74, 6) is 0.806. The molecule has 4 rings (SSSR count). The van der Waals surface area contributed by atoms with Crippen molar-refractivity contribution in [2.45, 2.75) is 47.5 Å². The highest BCUT2D eigenvalue weighted by molar-refractivity contribution is 7.85.